The minimum absolute atomic E-state index is 0.0299. The number of rotatable bonds is 9. The van der Waals surface area contributed by atoms with E-state index in [1.807, 2.05) is 0 Å². The maximum Gasteiger partial charge on any atom is 0.490 e. The molecule has 1 fully saturated rings. The predicted molar refractivity (Wildman–Crippen MR) is 109 cm³/mol. The molecule has 5 atom stereocenters. The van der Waals surface area contributed by atoms with E-state index in [4.69, 9.17) is 24.8 Å². The number of H-pyrrole nitrogens is 1. The van der Waals surface area contributed by atoms with Gasteiger partial charge in [0.05, 0.1) is 18.5 Å². The number of fused-ring (bicyclic) bond motifs is 1. The van der Waals surface area contributed by atoms with E-state index in [1.165, 1.54) is 10.9 Å². The first-order valence-electron chi connectivity index (χ1n) is 9.24. The SMILES string of the molecule is CCC1(COP(=O)(O)OP(=O)(O)OP(=O)(O)O)CC(C)C(n2cnc3c(=O)[nH]c(N)nc32)O1. The summed E-state index contributed by atoms with van der Waals surface area (Å²) in [7, 11) is -16.5. The Bertz CT molecular complexity index is 1240. The smallest absolute Gasteiger partial charge is 0.369 e. The lowest BCUT2D eigenvalue weighted by atomic mass is 9.93. The van der Waals surface area contributed by atoms with Crippen LogP contribution in [0.3, 0.4) is 0 Å². The van der Waals surface area contributed by atoms with Crippen LogP contribution in [0.4, 0.5) is 5.95 Å². The molecule has 0 aromatic carbocycles. The molecule has 2 aromatic heterocycles. The van der Waals surface area contributed by atoms with Crippen LogP contribution in [0, 0.1) is 5.92 Å². The van der Waals surface area contributed by atoms with E-state index < -0.39 is 47.5 Å². The number of imidazole rings is 1. The van der Waals surface area contributed by atoms with Gasteiger partial charge in [-0.1, -0.05) is 13.8 Å². The summed E-state index contributed by atoms with van der Waals surface area (Å²) in [5.41, 5.74) is 4.07. The fraction of sp³-hybridized carbons (Fsp3) is 0.615. The summed E-state index contributed by atoms with van der Waals surface area (Å²) in [4.78, 5) is 58.6. The third-order valence-corrected chi connectivity index (χ3v) is 8.61. The Morgan fingerprint density at radius 3 is 2.55 bits per heavy atom. The van der Waals surface area contributed by atoms with Gasteiger partial charge in [-0.2, -0.15) is 13.6 Å². The number of nitrogens with one attached hydrogen (secondary N) is 1. The number of hydrogen-bond donors (Lipinski definition) is 6. The second kappa shape index (κ2) is 8.95. The van der Waals surface area contributed by atoms with Gasteiger partial charge in [-0.05, 0) is 12.8 Å². The quantitative estimate of drug-likeness (QED) is 0.243. The van der Waals surface area contributed by atoms with Gasteiger partial charge < -0.3 is 30.0 Å². The molecular formula is C13H22N5O12P3. The molecular weight excluding hydrogens is 511 g/mol. The Balaban J connectivity index is 1.78. The lowest BCUT2D eigenvalue weighted by Gasteiger charge is -2.29. The molecule has 0 amide bonds. The third-order valence-electron chi connectivity index (χ3n) is 4.83. The van der Waals surface area contributed by atoms with E-state index in [2.05, 4.69) is 23.6 Å². The van der Waals surface area contributed by atoms with Gasteiger partial charge in [-0.3, -0.25) is 18.9 Å². The summed E-state index contributed by atoms with van der Waals surface area (Å²) in [5.74, 6) is -0.372. The first-order valence-corrected chi connectivity index (χ1v) is 13.8. The zero-order chi connectivity index (χ0) is 24.8. The van der Waals surface area contributed by atoms with Crippen LogP contribution in [-0.4, -0.2) is 51.3 Å². The van der Waals surface area contributed by atoms with Crippen LogP contribution < -0.4 is 11.3 Å². The Morgan fingerprint density at radius 1 is 1.27 bits per heavy atom. The fourth-order valence-corrected chi connectivity index (χ4v) is 6.59. The zero-order valence-electron chi connectivity index (χ0n) is 17.2. The number of nitrogens with zero attached hydrogens (tertiary/aromatic N) is 3. The molecule has 0 spiro atoms. The molecule has 1 aliphatic rings. The Morgan fingerprint density at radius 2 is 1.94 bits per heavy atom. The van der Waals surface area contributed by atoms with Crippen LogP contribution >= 0.6 is 23.5 Å². The van der Waals surface area contributed by atoms with E-state index in [-0.39, 0.29) is 35.9 Å². The molecule has 3 heterocycles. The Kier molecular flexibility index (Phi) is 7.08. The van der Waals surface area contributed by atoms with Crippen LogP contribution in [0.2, 0.25) is 0 Å². The molecule has 0 bridgehead atoms. The normalized spacial score (nSPS) is 27.5. The first kappa shape index (κ1) is 26.1. The minimum Gasteiger partial charge on any atom is -0.369 e. The molecule has 17 nitrogen and oxygen atoms in total. The van der Waals surface area contributed by atoms with E-state index in [9.17, 15) is 28.3 Å². The summed E-state index contributed by atoms with van der Waals surface area (Å²) >= 11 is 0. The zero-order valence-corrected chi connectivity index (χ0v) is 19.9. The first-order chi connectivity index (χ1) is 15.1. The number of aromatic nitrogens is 4. The third kappa shape index (κ3) is 6.15. The van der Waals surface area contributed by atoms with Crippen LogP contribution in [-0.2, 0) is 31.6 Å². The number of aromatic amines is 1. The molecule has 1 aliphatic heterocycles. The topological polar surface area (TPSA) is 259 Å². The van der Waals surface area contributed by atoms with Gasteiger partial charge in [0.25, 0.3) is 5.56 Å². The molecule has 186 valence electrons. The largest absolute Gasteiger partial charge is 0.490 e. The number of nitrogen functional groups attached to an aromatic ring is 1. The fourth-order valence-electron chi connectivity index (χ4n) is 3.49. The van der Waals surface area contributed by atoms with Crippen LogP contribution in [0.1, 0.15) is 32.9 Å². The molecule has 0 radical (unpaired) electrons. The van der Waals surface area contributed by atoms with E-state index >= 15 is 0 Å². The molecule has 7 N–H and O–H groups in total. The number of ether oxygens (including phenoxy) is 1. The van der Waals surface area contributed by atoms with E-state index in [0.717, 1.165) is 0 Å². The maximum atomic E-state index is 12.1. The van der Waals surface area contributed by atoms with Crippen LogP contribution in [0.5, 0.6) is 0 Å². The number of anilines is 1. The van der Waals surface area contributed by atoms with Crippen molar-refractivity contribution in [2.75, 3.05) is 12.3 Å². The van der Waals surface area contributed by atoms with Gasteiger partial charge in [-0.25, -0.2) is 18.7 Å². The second-order valence-electron chi connectivity index (χ2n) is 7.37. The molecule has 20 heteroatoms. The highest BCUT2D eigenvalue weighted by Crippen LogP contribution is 2.66. The van der Waals surface area contributed by atoms with Crippen molar-refractivity contribution in [3.05, 3.63) is 16.7 Å². The molecule has 3 rings (SSSR count). The van der Waals surface area contributed by atoms with Crippen LogP contribution in [0.25, 0.3) is 11.2 Å². The van der Waals surface area contributed by atoms with Crippen molar-refractivity contribution < 1.29 is 51.2 Å². The summed E-state index contributed by atoms with van der Waals surface area (Å²) in [6.45, 7) is 2.90. The van der Waals surface area contributed by atoms with Crippen LogP contribution in [0.15, 0.2) is 11.1 Å². The van der Waals surface area contributed by atoms with Gasteiger partial charge in [0.15, 0.2) is 11.2 Å². The van der Waals surface area contributed by atoms with Crippen molar-refractivity contribution in [2.24, 2.45) is 5.92 Å². The number of nitrogens with two attached hydrogens (primary N) is 1. The maximum absolute atomic E-state index is 12.1. The number of phosphoric acid groups is 3. The van der Waals surface area contributed by atoms with Gasteiger partial charge in [0.2, 0.25) is 5.95 Å². The van der Waals surface area contributed by atoms with Gasteiger partial charge >= 0.3 is 23.5 Å². The van der Waals surface area contributed by atoms with E-state index in [1.54, 1.807) is 13.8 Å². The number of phosphoric ester groups is 1. The van der Waals surface area contributed by atoms with Crippen molar-refractivity contribution in [1.29, 1.82) is 0 Å². The van der Waals surface area contributed by atoms with Gasteiger partial charge in [0, 0.05) is 5.92 Å². The van der Waals surface area contributed by atoms with Gasteiger partial charge in [-0.15, -0.1) is 0 Å². The van der Waals surface area contributed by atoms with E-state index in [0.29, 0.717) is 0 Å². The monoisotopic (exact) mass is 533 g/mol. The molecule has 5 unspecified atom stereocenters. The predicted octanol–water partition coefficient (Wildman–Crippen LogP) is 0.749. The molecule has 1 saturated heterocycles. The minimum atomic E-state index is -5.64. The Labute approximate surface area is 185 Å². The highest BCUT2D eigenvalue weighted by Gasteiger charge is 2.48. The number of hydrogen-bond acceptors (Lipinski definition) is 11. The van der Waals surface area contributed by atoms with Crippen molar-refractivity contribution in [3.63, 3.8) is 0 Å². The standard InChI is InChI=1S/C13H22N5O12P3/c1-3-13(5-27-32(23,24)30-33(25,26)29-31(20,21)22)4-7(2)11(28-13)18-6-15-8-9(18)16-12(14)17-10(8)19/h6-7,11H,3-5H2,1-2H3,(H,23,24)(H,25,26)(H2,20,21,22)(H3,14,16,17,19). The lowest BCUT2D eigenvalue weighted by molar-refractivity contribution is -0.100. The lowest BCUT2D eigenvalue weighted by Crippen LogP contribution is -2.33. The summed E-state index contributed by atoms with van der Waals surface area (Å²) in [6.07, 6.45) is 1.14. The summed E-state index contributed by atoms with van der Waals surface area (Å²) in [6, 6.07) is 0. The summed E-state index contributed by atoms with van der Waals surface area (Å²) < 4.78 is 54.1. The van der Waals surface area contributed by atoms with Crippen molar-refractivity contribution >= 4 is 40.6 Å². The van der Waals surface area contributed by atoms with Crippen molar-refractivity contribution in [1.82, 2.24) is 19.5 Å². The molecule has 0 saturated carbocycles. The second-order valence-corrected chi connectivity index (χ2v) is 11.8. The highest BCUT2D eigenvalue weighted by molar-refractivity contribution is 7.66. The van der Waals surface area contributed by atoms with Gasteiger partial charge in [0.1, 0.15) is 6.23 Å². The average Bonchev–Trinajstić information content (AvgIpc) is 3.18. The average molecular weight is 533 g/mol. The highest BCUT2D eigenvalue weighted by atomic mass is 31.3. The summed E-state index contributed by atoms with van der Waals surface area (Å²) in [5, 5.41) is 0. The molecule has 2 aromatic rings. The Hall–Kier alpha value is -1.48. The van der Waals surface area contributed by atoms with Crippen molar-refractivity contribution in [3.8, 4) is 0 Å². The molecule has 33 heavy (non-hydrogen) atoms. The molecule has 0 aliphatic carbocycles. The van der Waals surface area contributed by atoms with Crippen molar-refractivity contribution in [2.45, 2.75) is 38.5 Å².